The van der Waals surface area contributed by atoms with Gasteiger partial charge in [0.25, 0.3) is 5.91 Å². The topological polar surface area (TPSA) is 92.1 Å². The van der Waals surface area contributed by atoms with E-state index in [0.717, 1.165) is 0 Å². The highest BCUT2D eigenvalue weighted by atomic mass is 19.4. The van der Waals surface area contributed by atoms with Crippen molar-refractivity contribution in [1.82, 2.24) is 15.1 Å². The molecule has 27 heavy (non-hydrogen) atoms. The fourth-order valence-electron chi connectivity index (χ4n) is 3.34. The van der Waals surface area contributed by atoms with Gasteiger partial charge in [-0.15, -0.1) is 0 Å². The van der Waals surface area contributed by atoms with E-state index in [0.29, 0.717) is 36.2 Å². The number of carbonyl (C=O) groups excluding carboxylic acids is 2. The maximum atomic E-state index is 13.1. The van der Waals surface area contributed by atoms with E-state index in [2.05, 4.69) is 10.2 Å². The second-order valence-corrected chi connectivity index (χ2v) is 6.64. The number of likely N-dealkylation sites (tertiary alicyclic amines) is 1. The molecule has 2 aromatic rings. The largest absolute Gasteiger partial charge is 0.435 e. The van der Waals surface area contributed by atoms with Gasteiger partial charge in [0, 0.05) is 29.9 Å². The molecule has 2 amide bonds. The Morgan fingerprint density at radius 3 is 2.52 bits per heavy atom. The lowest BCUT2D eigenvalue weighted by molar-refractivity contribution is -0.140. The zero-order chi connectivity index (χ0) is 19.8. The summed E-state index contributed by atoms with van der Waals surface area (Å²) in [5.74, 6) is -1.07. The standard InChI is InChI=1S/C18H19F3N4O2/c1-10-14(15(24-23-10)18(19,20)21)11-4-6-12(7-5-11)17(27)25-8-2-3-13(9-25)16(22)26/h4-7,13H,2-3,8-9H2,1H3,(H2,22,26)(H,23,24)/t13-/m0/s1. The van der Waals surface area contributed by atoms with Crippen molar-refractivity contribution in [2.45, 2.75) is 25.9 Å². The van der Waals surface area contributed by atoms with Crippen molar-refractivity contribution in [2.75, 3.05) is 13.1 Å². The summed E-state index contributed by atoms with van der Waals surface area (Å²) >= 11 is 0. The molecule has 0 spiro atoms. The minimum Gasteiger partial charge on any atom is -0.369 e. The molecule has 0 unspecified atom stereocenters. The van der Waals surface area contributed by atoms with Gasteiger partial charge in [-0.2, -0.15) is 18.3 Å². The second kappa shape index (κ2) is 7.05. The minimum atomic E-state index is -4.58. The monoisotopic (exact) mass is 380 g/mol. The highest BCUT2D eigenvalue weighted by Gasteiger charge is 2.38. The van der Waals surface area contributed by atoms with Crippen LogP contribution in [0.15, 0.2) is 24.3 Å². The predicted molar refractivity (Wildman–Crippen MR) is 91.6 cm³/mol. The van der Waals surface area contributed by atoms with Gasteiger partial charge in [0.2, 0.25) is 5.91 Å². The molecule has 3 N–H and O–H groups in total. The molecule has 1 aromatic carbocycles. The molecule has 3 rings (SSSR count). The first-order valence-corrected chi connectivity index (χ1v) is 8.49. The SMILES string of the molecule is Cc1[nH]nc(C(F)(F)F)c1-c1ccc(C(=O)N2CCC[C@H](C(N)=O)C2)cc1. The maximum absolute atomic E-state index is 13.1. The molecule has 9 heteroatoms. The number of aromatic amines is 1. The molecule has 1 atom stereocenters. The van der Waals surface area contributed by atoms with Crippen LogP contribution in [0.5, 0.6) is 0 Å². The van der Waals surface area contributed by atoms with Crippen LogP contribution >= 0.6 is 0 Å². The van der Waals surface area contributed by atoms with Crippen LogP contribution in [-0.4, -0.2) is 40.0 Å². The molecule has 1 saturated heterocycles. The lowest BCUT2D eigenvalue weighted by Crippen LogP contribution is -2.44. The van der Waals surface area contributed by atoms with Crippen LogP contribution in [0.4, 0.5) is 13.2 Å². The first-order chi connectivity index (χ1) is 12.7. The lowest BCUT2D eigenvalue weighted by atomic mass is 9.96. The van der Waals surface area contributed by atoms with Gasteiger partial charge < -0.3 is 10.6 Å². The molecule has 1 aliphatic rings. The molecule has 144 valence electrons. The van der Waals surface area contributed by atoms with Gasteiger partial charge in [0.05, 0.1) is 5.92 Å². The Bertz CT molecular complexity index is 858. The van der Waals surface area contributed by atoms with Gasteiger partial charge >= 0.3 is 6.18 Å². The molecule has 1 fully saturated rings. The number of halogens is 3. The summed E-state index contributed by atoms with van der Waals surface area (Å²) in [6.45, 7) is 2.28. The first kappa shape index (κ1) is 18.9. The van der Waals surface area contributed by atoms with Crippen LogP contribution in [0, 0.1) is 12.8 Å². The molecular weight excluding hydrogens is 361 g/mol. The molecule has 0 radical (unpaired) electrons. The van der Waals surface area contributed by atoms with Gasteiger partial charge in [-0.25, -0.2) is 0 Å². The number of primary amides is 1. The molecule has 2 heterocycles. The van der Waals surface area contributed by atoms with Crippen LogP contribution in [0.2, 0.25) is 0 Å². The van der Waals surface area contributed by atoms with E-state index < -0.39 is 17.8 Å². The average Bonchev–Trinajstić information content (AvgIpc) is 3.03. The third-order valence-corrected chi connectivity index (χ3v) is 4.75. The number of amides is 2. The van der Waals surface area contributed by atoms with Gasteiger partial charge in [0.1, 0.15) is 0 Å². The number of hydrogen-bond acceptors (Lipinski definition) is 3. The summed E-state index contributed by atoms with van der Waals surface area (Å²) in [5, 5.41) is 5.71. The number of nitrogens with two attached hydrogens (primary N) is 1. The van der Waals surface area contributed by atoms with Crippen LogP contribution < -0.4 is 5.73 Å². The number of nitrogens with one attached hydrogen (secondary N) is 1. The molecular formula is C18H19F3N4O2. The van der Waals surface area contributed by atoms with Crippen molar-refractivity contribution in [1.29, 1.82) is 0 Å². The Labute approximate surface area is 153 Å². The molecule has 1 aliphatic heterocycles. The fraction of sp³-hybridized carbons (Fsp3) is 0.389. The Morgan fingerprint density at radius 2 is 1.93 bits per heavy atom. The van der Waals surface area contributed by atoms with E-state index in [-0.39, 0.29) is 23.9 Å². The Morgan fingerprint density at radius 1 is 1.26 bits per heavy atom. The number of aromatic nitrogens is 2. The number of piperidine rings is 1. The molecule has 0 bridgehead atoms. The van der Waals surface area contributed by atoms with Crippen molar-refractivity contribution < 1.29 is 22.8 Å². The smallest absolute Gasteiger partial charge is 0.369 e. The van der Waals surface area contributed by atoms with E-state index in [1.807, 2.05) is 0 Å². The second-order valence-electron chi connectivity index (χ2n) is 6.64. The molecule has 6 nitrogen and oxygen atoms in total. The summed E-state index contributed by atoms with van der Waals surface area (Å²) in [6.07, 6.45) is -3.25. The van der Waals surface area contributed by atoms with Gasteiger partial charge in [0.15, 0.2) is 5.69 Å². The van der Waals surface area contributed by atoms with Gasteiger partial charge in [-0.3, -0.25) is 14.7 Å². The van der Waals surface area contributed by atoms with Crippen LogP contribution in [-0.2, 0) is 11.0 Å². The van der Waals surface area contributed by atoms with Crippen molar-refractivity contribution >= 4 is 11.8 Å². The van der Waals surface area contributed by atoms with Gasteiger partial charge in [-0.05, 0) is 37.5 Å². The zero-order valence-corrected chi connectivity index (χ0v) is 14.6. The van der Waals surface area contributed by atoms with E-state index in [1.54, 1.807) is 4.90 Å². The number of hydrogen-bond donors (Lipinski definition) is 2. The molecule has 0 aliphatic carbocycles. The van der Waals surface area contributed by atoms with Crippen molar-refractivity contribution in [2.24, 2.45) is 11.7 Å². The number of nitrogens with zero attached hydrogens (tertiary/aromatic N) is 2. The number of aryl methyl sites for hydroxylation is 1. The summed E-state index contributed by atoms with van der Waals surface area (Å²) < 4.78 is 39.4. The average molecular weight is 380 g/mol. The Kier molecular flexibility index (Phi) is 4.95. The number of benzene rings is 1. The van der Waals surface area contributed by atoms with E-state index in [1.165, 1.54) is 31.2 Å². The number of alkyl halides is 3. The Balaban J connectivity index is 1.83. The number of carbonyl (C=O) groups is 2. The third kappa shape index (κ3) is 3.81. The summed E-state index contributed by atoms with van der Waals surface area (Å²) in [7, 11) is 0. The third-order valence-electron chi connectivity index (χ3n) is 4.75. The lowest BCUT2D eigenvalue weighted by Gasteiger charge is -2.31. The van der Waals surface area contributed by atoms with E-state index in [4.69, 9.17) is 5.73 Å². The van der Waals surface area contributed by atoms with Crippen molar-refractivity contribution in [3.63, 3.8) is 0 Å². The summed E-state index contributed by atoms with van der Waals surface area (Å²) in [4.78, 5) is 25.6. The van der Waals surface area contributed by atoms with E-state index in [9.17, 15) is 22.8 Å². The highest BCUT2D eigenvalue weighted by molar-refractivity contribution is 5.95. The highest BCUT2D eigenvalue weighted by Crippen LogP contribution is 2.37. The van der Waals surface area contributed by atoms with Crippen molar-refractivity contribution in [3.8, 4) is 11.1 Å². The molecule has 1 aromatic heterocycles. The number of H-pyrrole nitrogens is 1. The van der Waals surface area contributed by atoms with Crippen LogP contribution in [0.3, 0.4) is 0 Å². The zero-order valence-electron chi connectivity index (χ0n) is 14.6. The first-order valence-electron chi connectivity index (χ1n) is 8.49. The normalized spacial score (nSPS) is 17.8. The summed E-state index contributed by atoms with van der Waals surface area (Å²) in [5.41, 5.74) is 5.26. The van der Waals surface area contributed by atoms with Crippen LogP contribution in [0.1, 0.15) is 34.6 Å². The summed E-state index contributed by atoms with van der Waals surface area (Å²) in [6, 6.07) is 5.90. The van der Waals surface area contributed by atoms with Crippen molar-refractivity contribution in [3.05, 3.63) is 41.2 Å². The Hall–Kier alpha value is -2.84. The maximum Gasteiger partial charge on any atom is 0.435 e. The molecule has 0 saturated carbocycles. The minimum absolute atomic E-state index is 0.0340. The quantitative estimate of drug-likeness (QED) is 0.858. The fourth-order valence-corrected chi connectivity index (χ4v) is 3.34. The van der Waals surface area contributed by atoms with E-state index >= 15 is 0 Å². The predicted octanol–water partition coefficient (Wildman–Crippen LogP) is 2.74. The van der Waals surface area contributed by atoms with Gasteiger partial charge in [-0.1, -0.05) is 12.1 Å². The number of rotatable bonds is 3. The van der Waals surface area contributed by atoms with Crippen LogP contribution in [0.25, 0.3) is 11.1 Å².